The lowest BCUT2D eigenvalue weighted by Gasteiger charge is -2.45. The number of amides is 1. The highest BCUT2D eigenvalue weighted by Crippen LogP contribution is 2.49. The second kappa shape index (κ2) is 10.5. The first-order chi connectivity index (χ1) is 17.7. The zero-order chi connectivity index (χ0) is 27.9. The number of nitrogens with zero attached hydrogens (tertiary/aromatic N) is 2. The van der Waals surface area contributed by atoms with Gasteiger partial charge in [0, 0.05) is 31.6 Å². The molecule has 0 aliphatic carbocycles. The van der Waals surface area contributed by atoms with Crippen molar-refractivity contribution in [2.75, 3.05) is 20.2 Å². The van der Waals surface area contributed by atoms with Crippen molar-refractivity contribution in [3.05, 3.63) is 35.9 Å². The molecule has 1 aromatic rings. The minimum Gasteiger partial charge on any atom is -0.467 e. The molecule has 3 fully saturated rings. The van der Waals surface area contributed by atoms with Gasteiger partial charge in [-0.3, -0.25) is 9.80 Å². The Balaban J connectivity index is 1.59. The molecule has 1 unspecified atom stereocenters. The molecule has 210 valence electrons. The van der Waals surface area contributed by atoms with E-state index in [-0.39, 0.29) is 36.2 Å². The molecule has 3 heterocycles. The third-order valence-electron chi connectivity index (χ3n) is 8.82. The van der Waals surface area contributed by atoms with Gasteiger partial charge < -0.3 is 18.8 Å². The lowest BCUT2D eigenvalue weighted by molar-refractivity contribution is -0.158. The van der Waals surface area contributed by atoms with E-state index in [0.717, 1.165) is 25.7 Å². The van der Waals surface area contributed by atoms with Gasteiger partial charge in [0.2, 0.25) is 0 Å². The van der Waals surface area contributed by atoms with E-state index in [0.29, 0.717) is 19.5 Å². The van der Waals surface area contributed by atoms with E-state index in [1.807, 2.05) is 39.0 Å². The van der Waals surface area contributed by atoms with E-state index < -0.39 is 17.2 Å². The molecule has 3 aliphatic rings. The largest absolute Gasteiger partial charge is 0.467 e. The molecule has 0 N–H and O–H groups in total. The molecular formula is C29H45BN2O6. The highest BCUT2D eigenvalue weighted by Gasteiger charge is 2.65. The predicted molar refractivity (Wildman–Crippen MR) is 147 cm³/mol. The van der Waals surface area contributed by atoms with Crippen molar-refractivity contribution in [2.45, 2.75) is 109 Å². The lowest BCUT2D eigenvalue weighted by atomic mass is 9.71. The molecule has 0 aromatic heterocycles. The Labute approximate surface area is 228 Å². The fourth-order valence-electron chi connectivity index (χ4n) is 6.29. The fourth-order valence-corrected chi connectivity index (χ4v) is 6.29. The maximum absolute atomic E-state index is 13.6. The van der Waals surface area contributed by atoms with Crippen LogP contribution in [0.5, 0.6) is 0 Å². The van der Waals surface area contributed by atoms with Crippen LogP contribution in [0.1, 0.15) is 73.3 Å². The monoisotopic (exact) mass is 528 g/mol. The second-order valence-electron chi connectivity index (χ2n) is 13.0. The van der Waals surface area contributed by atoms with Crippen LogP contribution in [0.2, 0.25) is 6.32 Å². The Morgan fingerprint density at radius 3 is 2.29 bits per heavy atom. The average molecular weight is 528 g/mol. The number of hydrogen-bond donors (Lipinski definition) is 0. The number of esters is 1. The van der Waals surface area contributed by atoms with Crippen LogP contribution >= 0.6 is 0 Å². The number of carbonyl (C=O) groups excluding carboxylic acids is 2. The summed E-state index contributed by atoms with van der Waals surface area (Å²) in [6, 6.07) is 10.4. The summed E-state index contributed by atoms with van der Waals surface area (Å²) >= 11 is 0. The van der Waals surface area contributed by atoms with Gasteiger partial charge in [-0.2, -0.15) is 0 Å². The van der Waals surface area contributed by atoms with E-state index in [1.165, 1.54) is 12.7 Å². The lowest BCUT2D eigenvalue weighted by Crippen LogP contribution is -2.61. The van der Waals surface area contributed by atoms with Crippen LogP contribution in [0.15, 0.2) is 30.3 Å². The smallest absolute Gasteiger partial charge is 0.457 e. The molecule has 3 aliphatic heterocycles. The van der Waals surface area contributed by atoms with Crippen LogP contribution in [0.25, 0.3) is 0 Å². The summed E-state index contributed by atoms with van der Waals surface area (Å²) in [5, 5.41) is 0. The summed E-state index contributed by atoms with van der Waals surface area (Å²) in [5.41, 5.74) is -1.26. The predicted octanol–water partition coefficient (Wildman–Crippen LogP) is 4.91. The highest BCUT2D eigenvalue weighted by molar-refractivity contribution is 6.45. The van der Waals surface area contributed by atoms with Crippen LogP contribution in [0.4, 0.5) is 4.79 Å². The SMILES string of the molecule is COC(=O)C12CCN(Cc3ccccc3)[C@@H](CN1C(=O)OC(C)(C)C)[C@H]2CCCB1OC(C)(C)C(C)(C)O1. The Kier molecular flexibility index (Phi) is 7.96. The van der Waals surface area contributed by atoms with Crippen molar-refractivity contribution in [2.24, 2.45) is 5.92 Å². The molecule has 0 radical (unpaired) electrons. The molecule has 1 amide bonds. The van der Waals surface area contributed by atoms with Crippen LogP contribution in [-0.4, -0.2) is 77.6 Å². The zero-order valence-corrected chi connectivity index (χ0v) is 24.4. The minimum atomic E-state index is -1.05. The first kappa shape index (κ1) is 28.9. The molecule has 0 saturated carbocycles. The van der Waals surface area contributed by atoms with Gasteiger partial charge >= 0.3 is 19.2 Å². The average Bonchev–Trinajstić information content (AvgIpc) is 3.18. The van der Waals surface area contributed by atoms with Crippen LogP contribution < -0.4 is 0 Å². The number of benzene rings is 1. The van der Waals surface area contributed by atoms with Crippen LogP contribution in [-0.2, 0) is 30.1 Å². The molecule has 1 aromatic carbocycles. The maximum atomic E-state index is 13.6. The van der Waals surface area contributed by atoms with Crippen molar-refractivity contribution in [3.8, 4) is 0 Å². The summed E-state index contributed by atoms with van der Waals surface area (Å²) in [7, 11) is 1.12. The summed E-state index contributed by atoms with van der Waals surface area (Å²) in [6.07, 6.45) is 2.32. The fraction of sp³-hybridized carbons (Fsp3) is 0.724. The first-order valence-corrected chi connectivity index (χ1v) is 13.9. The number of methoxy groups -OCH3 is 1. The van der Waals surface area contributed by atoms with Gasteiger partial charge in [-0.1, -0.05) is 36.8 Å². The zero-order valence-electron chi connectivity index (χ0n) is 24.4. The standard InChI is InChI=1S/C29H45BN2O6/c1-26(2,3)36-25(34)32-20-23-22(15-12-17-30-37-27(4,5)28(6,7)38-30)29(32,24(33)35-8)16-18-31(23)19-21-13-10-9-11-14-21/h9-11,13-14,22-23H,12,15-20H2,1-8H3/t22-,23+,29?/m1/s1. The summed E-state index contributed by atoms with van der Waals surface area (Å²) < 4.78 is 23.6. The molecule has 9 heteroatoms. The highest BCUT2D eigenvalue weighted by atomic mass is 16.7. The van der Waals surface area contributed by atoms with E-state index >= 15 is 0 Å². The van der Waals surface area contributed by atoms with Crippen LogP contribution in [0, 0.1) is 5.92 Å². The van der Waals surface area contributed by atoms with Crippen molar-refractivity contribution in [3.63, 3.8) is 0 Å². The first-order valence-electron chi connectivity index (χ1n) is 13.9. The summed E-state index contributed by atoms with van der Waals surface area (Å²) in [4.78, 5) is 31.1. The molecule has 3 saturated heterocycles. The van der Waals surface area contributed by atoms with Gasteiger partial charge in [-0.25, -0.2) is 9.59 Å². The van der Waals surface area contributed by atoms with Gasteiger partial charge in [-0.15, -0.1) is 0 Å². The minimum absolute atomic E-state index is 0.00821. The van der Waals surface area contributed by atoms with Gasteiger partial charge in [0.1, 0.15) is 11.1 Å². The number of carbonyl (C=O) groups is 2. The van der Waals surface area contributed by atoms with Crippen molar-refractivity contribution >= 4 is 19.2 Å². The van der Waals surface area contributed by atoms with Gasteiger partial charge in [0.05, 0.1) is 18.3 Å². The number of rotatable bonds is 7. The van der Waals surface area contributed by atoms with E-state index in [9.17, 15) is 9.59 Å². The number of hydrogen-bond acceptors (Lipinski definition) is 7. The Hall–Kier alpha value is -2.10. The normalized spacial score (nSPS) is 28.4. The van der Waals surface area contributed by atoms with Gasteiger partial charge in [-0.05, 0) is 73.2 Å². The van der Waals surface area contributed by atoms with Gasteiger partial charge in [0.25, 0.3) is 0 Å². The number of piperidine rings is 1. The number of fused-ring (bicyclic) bond motifs is 2. The second-order valence-corrected chi connectivity index (χ2v) is 13.0. The number of likely N-dealkylation sites (tertiary alicyclic amines) is 2. The van der Waals surface area contributed by atoms with E-state index in [1.54, 1.807) is 4.90 Å². The van der Waals surface area contributed by atoms with E-state index in [2.05, 4.69) is 44.7 Å². The van der Waals surface area contributed by atoms with Crippen molar-refractivity contribution in [1.82, 2.24) is 9.80 Å². The summed E-state index contributed by atoms with van der Waals surface area (Å²) in [5.74, 6) is -0.451. The Morgan fingerprint density at radius 1 is 1.08 bits per heavy atom. The molecule has 4 rings (SSSR count). The molecule has 2 bridgehead atoms. The molecule has 3 atom stereocenters. The van der Waals surface area contributed by atoms with Gasteiger partial charge in [0.15, 0.2) is 0 Å². The van der Waals surface area contributed by atoms with Crippen molar-refractivity contribution in [1.29, 1.82) is 0 Å². The molecule has 8 nitrogen and oxygen atoms in total. The van der Waals surface area contributed by atoms with Crippen molar-refractivity contribution < 1.29 is 28.4 Å². The Bertz CT molecular complexity index is 994. The molecule has 0 spiro atoms. The quantitative estimate of drug-likeness (QED) is 0.368. The molecular weight excluding hydrogens is 483 g/mol. The topological polar surface area (TPSA) is 77.5 Å². The number of ether oxygens (including phenoxy) is 2. The van der Waals surface area contributed by atoms with Crippen LogP contribution in [0.3, 0.4) is 0 Å². The third-order valence-corrected chi connectivity index (χ3v) is 8.82. The Morgan fingerprint density at radius 2 is 1.71 bits per heavy atom. The maximum Gasteiger partial charge on any atom is 0.457 e. The third kappa shape index (κ3) is 5.47. The molecule has 38 heavy (non-hydrogen) atoms. The van der Waals surface area contributed by atoms with E-state index in [4.69, 9.17) is 18.8 Å². The summed E-state index contributed by atoms with van der Waals surface area (Å²) in [6.45, 7) is 15.7.